The predicted octanol–water partition coefficient (Wildman–Crippen LogP) is 2.90. The van der Waals surface area contributed by atoms with E-state index in [1.165, 1.54) is 6.92 Å². The molecule has 7 nitrogen and oxygen atoms in total. The van der Waals surface area contributed by atoms with Gasteiger partial charge in [0, 0.05) is 36.5 Å². The topological polar surface area (TPSA) is 83.4 Å². The Morgan fingerprint density at radius 1 is 1.15 bits per heavy atom. The lowest BCUT2D eigenvalue weighted by Gasteiger charge is -2.31. The van der Waals surface area contributed by atoms with Crippen LogP contribution in [0.4, 0.5) is 0 Å². The van der Waals surface area contributed by atoms with Crippen LogP contribution in [0.3, 0.4) is 0 Å². The number of H-pyrrole nitrogens is 1. The molecule has 1 fully saturated rings. The molecule has 1 amide bonds. The molecule has 1 saturated heterocycles. The molecule has 0 spiro atoms. The monoisotopic (exact) mass is 365 g/mol. The third-order valence-corrected chi connectivity index (χ3v) is 5.49. The molecular formula is C20H23N5O2. The standard InChI is InChI=1S/C20H23N5O2/c1-12-17(14(3)26)13(2)21-18(12)20(27)24-10-7-15(8-11-24)19-23-22-16-6-4-5-9-25(16)19/h4-6,9,15,21H,7-8,10-11H2,1-3H3. The average molecular weight is 365 g/mol. The molecular weight excluding hydrogens is 342 g/mol. The molecule has 0 unspecified atom stereocenters. The van der Waals surface area contributed by atoms with Gasteiger partial charge in [0.2, 0.25) is 0 Å². The number of fused-ring (bicyclic) bond motifs is 1. The largest absolute Gasteiger partial charge is 0.354 e. The highest BCUT2D eigenvalue weighted by molar-refractivity contribution is 6.02. The van der Waals surface area contributed by atoms with Crippen molar-refractivity contribution in [3.05, 3.63) is 52.7 Å². The normalized spacial score (nSPS) is 15.4. The lowest BCUT2D eigenvalue weighted by Crippen LogP contribution is -2.38. The first-order valence-electron chi connectivity index (χ1n) is 9.26. The number of carbonyl (C=O) groups excluding carboxylic acids is 2. The molecule has 0 radical (unpaired) electrons. The summed E-state index contributed by atoms with van der Waals surface area (Å²) in [5.41, 5.74) is 3.51. The van der Waals surface area contributed by atoms with Crippen LogP contribution >= 0.6 is 0 Å². The van der Waals surface area contributed by atoms with Crippen LogP contribution in [0.5, 0.6) is 0 Å². The number of nitrogens with zero attached hydrogens (tertiary/aromatic N) is 4. The van der Waals surface area contributed by atoms with Gasteiger partial charge < -0.3 is 9.88 Å². The number of aromatic nitrogens is 4. The minimum absolute atomic E-state index is 0.0160. The summed E-state index contributed by atoms with van der Waals surface area (Å²) in [6, 6.07) is 5.87. The predicted molar refractivity (Wildman–Crippen MR) is 101 cm³/mol. The van der Waals surface area contributed by atoms with Gasteiger partial charge in [0.25, 0.3) is 5.91 Å². The van der Waals surface area contributed by atoms with Crippen molar-refractivity contribution in [3.63, 3.8) is 0 Å². The maximum absolute atomic E-state index is 13.0. The summed E-state index contributed by atoms with van der Waals surface area (Å²) in [5.74, 6) is 1.19. The number of rotatable bonds is 3. The van der Waals surface area contributed by atoms with Crippen molar-refractivity contribution >= 4 is 17.3 Å². The maximum Gasteiger partial charge on any atom is 0.270 e. The lowest BCUT2D eigenvalue weighted by atomic mass is 9.95. The summed E-state index contributed by atoms with van der Waals surface area (Å²) in [6.45, 7) is 6.54. The Bertz CT molecular complexity index is 1020. The summed E-state index contributed by atoms with van der Waals surface area (Å²) >= 11 is 0. The average Bonchev–Trinajstić information content (AvgIpc) is 3.22. The zero-order chi connectivity index (χ0) is 19.1. The number of aryl methyl sites for hydroxylation is 1. The van der Waals surface area contributed by atoms with Gasteiger partial charge in [0.15, 0.2) is 11.4 Å². The number of hydrogen-bond acceptors (Lipinski definition) is 4. The summed E-state index contributed by atoms with van der Waals surface area (Å²) in [7, 11) is 0. The Morgan fingerprint density at radius 2 is 1.89 bits per heavy atom. The molecule has 3 aromatic rings. The molecule has 7 heteroatoms. The fourth-order valence-electron chi connectivity index (χ4n) is 4.13. The Hall–Kier alpha value is -2.96. The second kappa shape index (κ2) is 6.64. The van der Waals surface area contributed by atoms with Crippen LogP contribution in [-0.4, -0.2) is 49.3 Å². The van der Waals surface area contributed by atoms with E-state index >= 15 is 0 Å². The number of pyridine rings is 1. The van der Waals surface area contributed by atoms with Gasteiger partial charge in [-0.3, -0.25) is 14.0 Å². The van der Waals surface area contributed by atoms with E-state index in [4.69, 9.17) is 0 Å². The first-order valence-corrected chi connectivity index (χ1v) is 9.26. The summed E-state index contributed by atoms with van der Waals surface area (Å²) in [5, 5.41) is 8.59. The highest BCUT2D eigenvalue weighted by atomic mass is 16.2. The van der Waals surface area contributed by atoms with Crippen molar-refractivity contribution < 1.29 is 9.59 Å². The lowest BCUT2D eigenvalue weighted by molar-refractivity contribution is 0.0704. The Morgan fingerprint density at radius 3 is 2.56 bits per heavy atom. The van der Waals surface area contributed by atoms with Crippen molar-refractivity contribution in [1.82, 2.24) is 24.5 Å². The molecule has 140 valence electrons. The first kappa shape index (κ1) is 17.5. The van der Waals surface area contributed by atoms with Crippen LogP contribution in [-0.2, 0) is 0 Å². The molecule has 3 aromatic heterocycles. The van der Waals surface area contributed by atoms with Gasteiger partial charge in [-0.1, -0.05) is 6.07 Å². The minimum atomic E-state index is -0.0346. The van der Waals surface area contributed by atoms with Gasteiger partial charge in [-0.25, -0.2) is 0 Å². The van der Waals surface area contributed by atoms with Crippen molar-refractivity contribution in [3.8, 4) is 0 Å². The smallest absolute Gasteiger partial charge is 0.270 e. The first-order chi connectivity index (χ1) is 13.0. The van der Waals surface area contributed by atoms with Gasteiger partial charge in [-0.05, 0) is 51.3 Å². The highest BCUT2D eigenvalue weighted by Crippen LogP contribution is 2.28. The third-order valence-electron chi connectivity index (χ3n) is 5.49. The molecule has 1 aliphatic heterocycles. The number of amides is 1. The summed E-state index contributed by atoms with van der Waals surface area (Å²) in [6.07, 6.45) is 3.68. The third kappa shape index (κ3) is 2.93. The zero-order valence-corrected chi connectivity index (χ0v) is 15.8. The van der Waals surface area contributed by atoms with E-state index in [1.807, 2.05) is 47.5 Å². The number of piperidine rings is 1. The molecule has 0 saturated carbocycles. The maximum atomic E-state index is 13.0. The molecule has 1 aliphatic rings. The van der Waals surface area contributed by atoms with Crippen molar-refractivity contribution in [2.24, 2.45) is 0 Å². The van der Waals surface area contributed by atoms with Crippen LogP contribution in [0.25, 0.3) is 5.65 Å². The van der Waals surface area contributed by atoms with Crippen molar-refractivity contribution in [2.75, 3.05) is 13.1 Å². The number of ketones is 1. The van der Waals surface area contributed by atoms with E-state index < -0.39 is 0 Å². The quantitative estimate of drug-likeness (QED) is 0.724. The van der Waals surface area contributed by atoms with Gasteiger partial charge in [-0.2, -0.15) is 0 Å². The molecule has 0 aliphatic carbocycles. The molecule has 4 heterocycles. The van der Waals surface area contributed by atoms with Crippen LogP contribution in [0.2, 0.25) is 0 Å². The Labute approximate surface area is 157 Å². The number of carbonyl (C=O) groups is 2. The summed E-state index contributed by atoms with van der Waals surface area (Å²) in [4.78, 5) is 29.8. The fourth-order valence-corrected chi connectivity index (χ4v) is 4.13. The fraction of sp³-hybridized carbons (Fsp3) is 0.400. The van der Waals surface area contributed by atoms with Crippen LogP contribution < -0.4 is 0 Å². The van der Waals surface area contributed by atoms with Gasteiger partial charge >= 0.3 is 0 Å². The molecule has 4 rings (SSSR count). The molecule has 0 aromatic carbocycles. The molecule has 1 N–H and O–H groups in total. The minimum Gasteiger partial charge on any atom is -0.354 e. The second-order valence-electron chi connectivity index (χ2n) is 7.23. The van der Waals surface area contributed by atoms with E-state index in [0.29, 0.717) is 24.3 Å². The van der Waals surface area contributed by atoms with E-state index in [2.05, 4.69) is 15.2 Å². The van der Waals surface area contributed by atoms with E-state index in [1.54, 1.807) is 0 Å². The number of aromatic amines is 1. The van der Waals surface area contributed by atoms with Crippen LogP contribution in [0.1, 0.15) is 63.6 Å². The SMILES string of the molecule is CC(=O)c1c(C)[nH]c(C(=O)N2CCC(c3nnc4ccccn34)CC2)c1C. The van der Waals surface area contributed by atoms with E-state index in [-0.39, 0.29) is 17.6 Å². The van der Waals surface area contributed by atoms with Crippen molar-refractivity contribution in [1.29, 1.82) is 0 Å². The van der Waals surface area contributed by atoms with Gasteiger partial charge in [-0.15, -0.1) is 10.2 Å². The Balaban J connectivity index is 1.50. The Kier molecular flexibility index (Phi) is 4.30. The number of likely N-dealkylation sites (tertiary alicyclic amines) is 1. The molecule has 0 atom stereocenters. The number of nitrogens with one attached hydrogen (secondary N) is 1. The summed E-state index contributed by atoms with van der Waals surface area (Å²) < 4.78 is 2.03. The van der Waals surface area contributed by atoms with Crippen LogP contribution in [0, 0.1) is 13.8 Å². The number of Topliss-reactive ketones (excluding diaryl/α,β-unsaturated/α-hetero) is 1. The van der Waals surface area contributed by atoms with Crippen molar-refractivity contribution in [2.45, 2.75) is 39.5 Å². The van der Waals surface area contributed by atoms with Gasteiger partial charge in [0.05, 0.1) is 0 Å². The van der Waals surface area contributed by atoms with E-state index in [0.717, 1.165) is 35.6 Å². The van der Waals surface area contributed by atoms with E-state index in [9.17, 15) is 9.59 Å². The second-order valence-corrected chi connectivity index (χ2v) is 7.23. The molecule has 27 heavy (non-hydrogen) atoms. The zero-order valence-electron chi connectivity index (χ0n) is 15.8. The van der Waals surface area contributed by atoms with Gasteiger partial charge in [0.1, 0.15) is 11.5 Å². The number of hydrogen-bond donors (Lipinski definition) is 1. The molecule has 0 bridgehead atoms. The van der Waals surface area contributed by atoms with Crippen LogP contribution in [0.15, 0.2) is 24.4 Å². The highest BCUT2D eigenvalue weighted by Gasteiger charge is 2.29.